The number of hydrogen-bond donors (Lipinski definition) is 1. The number of carboxylic acid groups (broad SMARTS) is 1. The second-order valence-corrected chi connectivity index (χ2v) is 11.8. The molecule has 6 rings (SSSR count). The van der Waals surface area contributed by atoms with Crippen LogP contribution in [0, 0.1) is 11.6 Å². The van der Waals surface area contributed by atoms with Gasteiger partial charge in [0.15, 0.2) is 11.6 Å². The summed E-state index contributed by atoms with van der Waals surface area (Å²) in [6, 6.07) is 6.67. The molecule has 43 heavy (non-hydrogen) atoms. The first-order valence-electron chi connectivity index (χ1n) is 12.8. The Hall–Kier alpha value is -3.58. The summed E-state index contributed by atoms with van der Waals surface area (Å²) >= 11 is 14.8. The molecule has 0 aliphatic carbocycles. The molecule has 0 saturated carbocycles. The molecule has 2 aliphatic rings. The van der Waals surface area contributed by atoms with Gasteiger partial charge in [-0.1, -0.05) is 23.2 Å². The summed E-state index contributed by atoms with van der Waals surface area (Å²) in [7, 11) is 1.21. The van der Waals surface area contributed by atoms with Gasteiger partial charge >= 0.3 is 11.9 Å². The highest BCUT2D eigenvalue weighted by atomic mass is 35.5. The largest absolute Gasteiger partial charge is 0.489 e. The second-order valence-electron chi connectivity index (χ2n) is 9.39. The van der Waals surface area contributed by atoms with Crippen molar-refractivity contribution in [1.29, 1.82) is 0 Å². The van der Waals surface area contributed by atoms with Crippen LogP contribution in [0.3, 0.4) is 0 Å². The lowest BCUT2D eigenvalue weighted by molar-refractivity contribution is 0.0594. The van der Waals surface area contributed by atoms with Crippen LogP contribution >= 0.6 is 45.9 Å². The van der Waals surface area contributed by atoms with Crippen molar-refractivity contribution in [3.63, 3.8) is 0 Å². The number of esters is 1. The molecule has 0 atom stereocenters. The molecule has 2 aliphatic heterocycles. The van der Waals surface area contributed by atoms with E-state index in [0.717, 1.165) is 11.1 Å². The maximum atomic E-state index is 14.4. The van der Waals surface area contributed by atoms with E-state index in [1.54, 1.807) is 22.7 Å². The van der Waals surface area contributed by atoms with Crippen LogP contribution < -0.4 is 19.3 Å². The number of rotatable bonds is 6. The molecule has 0 unspecified atom stereocenters. The van der Waals surface area contributed by atoms with E-state index in [2.05, 4.69) is 0 Å². The van der Waals surface area contributed by atoms with Crippen molar-refractivity contribution in [2.45, 2.75) is 13.1 Å². The number of ether oxygens (including phenoxy) is 3. The molecule has 14 heteroatoms. The SMILES string of the molecule is COC(=O)c1c(F)c(Cl)cc2c1N(Cc1ccsc1)CCO2.O=C(O)c1c(F)c(Cl)cc2c1N(Cc1ccsc1)CCO2. The fourth-order valence-corrected chi connectivity index (χ4v) is 6.50. The van der Waals surface area contributed by atoms with E-state index >= 15 is 0 Å². The zero-order chi connectivity index (χ0) is 30.7. The molecule has 4 heterocycles. The Morgan fingerprint density at radius 3 is 1.77 bits per heavy atom. The minimum absolute atomic E-state index is 0.156. The third-order valence-electron chi connectivity index (χ3n) is 6.69. The van der Waals surface area contributed by atoms with Crippen LogP contribution in [0.25, 0.3) is 0 Å². The number of anilines is 2. The highest BCUT2D eigenvalue weighted by Gasteiger charge is 2.32. The smallest absolute Gasteiger partial charge is 0.343 e. The molecule has 0 saturated heterocycles. The summed E-state index contributed by atoms with van der Waals surface area (Å²) in [6.45, 7) is 2.95. The maximum absolute atomic E-state index is 14.4. The fourth-order valence-electron chi connectivity index (χ4n) is 4.80. The van der Waals surface area contributed by atoms with Gasteiger partial charge in [-0.2, -0.15) is 22.7 Å². The van der Waals surface area contributed by atoms with Crippen molar-refractivity contribution in [2.75, 3.05) is 43.2 Å². The van der Waals surface area contributed by atoms with Crippen molar-refractivity contribution in [3.8, 4) is 11.5 Å². The van der Waals surface area contributed by atoms with Gasteiger partial charge in [0.2, 0.25) is 0 Å². The average molecular weight is 670 g/mol. The van der Waals surface area contributed by atoms with Gasteiger partial charge in [-0.05, 0) is 44.8 Å². The third-order valence-corrected chi connectivity index (χ3v) is 8.71. The van der Waals surface area contributed by atoms with Crippen molar-refractivity contribution < 1.29 is 37.7 Å². The molecule has 4 aromatic rings. The van der Waals surface area contributed by atoms with E-state index in [4.69, 9.17) is 37.4 Å². The number of halogens is 4. The minimum atomic E-state index is -1.35. The van der Waals surface area contributed by atoms with Crippen molar-refractivity contribution in [1.82, 2.24) is 0 Å². The van der Waals surface area contributed by atoms with Gasteiger partial charge in [0.25, 0.3) is 0 Å². The Morgan fingerprint density at radius 2 is 1.35 bits per heavy atom. The van der Waals surface area contributed by atoms with E-state index in [0.29, 0.717) is 56.6 Å². The zero-order valence-electron chi connectivity index (χ0n) is 22.6. The Morgan fingerprint density at radius 1 is 0.884 bits per heavy atom. The molecule has 226 valence electrons. The number of carbonyl (C=O) groups excluding carboxylic acids is 1. The van der Waals surface area contributed by atoms with Crippen LogP contribution in [0.4, 0.5) is 20.2 Å². The topological polar surface area (TPSA) is 88.5 Å². The van der Waals surface area contributed by atoms with Crippen LogP contribution in [-0.2, 0) is 17.8 Å². The van der Waals surface area contributed by atoms with Gasteiger partial charge < -0.3 is 29.1 Å². The van der Waals surface area contributed by atoms with Gasteiger partial charge in [0.1, 0.15) is 35.8 Å². The Balaban J connectivity index is 0.000000171. The van der Waals surface area contributed by atoms with E-state index in [1.165, 1.54) is 19.2 Å². The van der Waals surface area contributed by atoms with E-state index in [-0.39, 0.29) is 21.3 Å². The zero-order valence-corrected chi connectivity index (χ0v) is 25.7. The maximum Gasteiger partial charge on any atom is 0.343 e. The summed E-state index contributed by atoms with van der Waals surface area (Å²) in [5.74, 6) is -3.13. The molecule has 2 aromatic carbocycles. The van der Waals surface area contributed by atoms with Gasteiger partial charge in [-0.25, -0.2) is 18.4 Å². The summed E-state index contributed by atoms with van der Waals surface area (Å²) in [6.07, 6.45) is 0. The third kappa shape index (κ3) is 6.52. The first-order chi connectivity index (χ1) is 20.7. The molecule has 0 bridgehead atoms. The summed E-state index contributed by atoms with van der Waals surface area (Å²) in [5, 5.41) is 16.8. The summed E-state index contributed by atoms with van der Waals surface area (Å²) in [5.41, 5.74) is 2.16. The number of thiophene rings is 2. The van der Waals surface area contributed by atoms with Gasteiger partial charge in [-0.15, -0.1) is 0 Å². The first kappa shape index (κ1) is 30.9. The van der Waals surface area contributed by atoms with E-state index in [1.807, 2.05) is 43.5 Å². The van der Waals surface area contributed by atoms with Crippen LogP contribution in [0.5, 0.6) is 11.5 Å². The summed E-state index contributed by atoms with van der Waals surface area (Å²) < 4.78 is 44.2. The number of methoxy groups -OCH3 is 1. The average Bonchev–Trinajstić information content (AvgIpc) is 3.70. The lowest BCUT2D eigenvalue weighted by Crippen LogP contribution is -2.34. The monoisotopic (exact) mass is 668 g/mol. The molecule has 0 spiro atoms. The molecular formula is C29H24Cl2F2N2O6S2. The van der Waals surface area contributed by atoms with Gasteiger partial charge in [-0.3, -0.25) is 0 Å². The first-order valence-corrected chi connectivity index (χ1v) is 15.5. The van der Waals surface area contributed by atoms with Gasteiger partial charge in [0, 0.05) is 25.2 Å². The van der Waals surface area contributed by atoms with Crippen molar-refractivity contribution >= 4 is 69.2 Å². The predicted octanol–water partition coefficient (Wildman–Crippen LogP) is 7.36. The Labute approximate surface area is 263 Å². The lowest BCUT2D eigenvalue weighted by Gasteiger charge is -2.32. The number of fused-ring (bicyclic) bond motifs is 2. The fraction of sp³-hybridized carbons (Fsp3) is 0.241. The van der Waals surface area contributed by atoms with Crippen molar-refractivity contribution in [2.24, 2.45) is 0 Å². The molecule has 1 N–H and O–H groups in total. The highest BCUT2D eigenvalue weighted by molar-refractivity contribution is 7.08. The number of aromatic carboxylic acids is 1. The Kier molecular flexibility index (Phi) is 9.60. The number of hydrogen-bond acceptors (Lipinski definition) is 9. The van der Waals surface area contributed by atoms with Crippen molar-refractivity contribution in [3.05, 3.63) is 89.7 Å². The Bertz CT molecular complexity index is 1640. The van der Waals surface area contributed by atoms with Crippen LogP contribution in [0.15, 0.2) is 45.8 Å². The van der Waals surface area contributed by atoms with Crippen LogP contribution in [0.1, 0.15) is 31.8 Å². The number of nitrogens with zero attached hydrogens (tertiary/aromatic N) is 2. The second kappa shape index (κ2) is 13.4. The minimum Gasteiger partial charge on any atom is -0.489 e. The predicted molar refractivity (Wildman–Crippen MR) is 163 cm³/mol. The van der Waals surface area contributed by atoms with Crippen LogP contribution in [0.2, 0.25) is 10.0 Å². The molecule has 0 radical (unpaired) electrons. The molecule has 0 amide bonds. The number of benzene rings is 2. The summed E-state index contributed by atoms with van der Waals surface area (Å²) in [4.78, 5) is 27.1. The number of carbonyl (C=O) groups is 2. The highest BCUT2D eigenvalue weighted by Crippen LogP contribution is 2.42. The normalized spacial score (nSPS) is 13.6. The van der Waals surface area contributed by atoms with Crippen LogP contribution in [-0.4, -0.2) is 50.5 Å². The lowest BCUT2D eigenvalue weighted by atomic mass is 10.1. The van der Waals surface area contributed by atoms with Gasteiger partial charge in [0.05, 0.1) is 41.6 Å². The van der Waals surface area contributed by atoms with E-state index in [9.17, 15) is 23.5 Å². The molecule has 8 nitrogen and oxygen atoms in total. The molecule has 0 fully saturated rings. The molecular weight excluding hydrogens is 645 g/mol. The standard InChI is InChI=1S/C15H13ClFNO3S.C14H11ClFNO3S/c1-20-15(19)12-13(17)10(16)6-11-14(12)18(3-4-21-11)7-9-2-5-22-8-9;15-9-5-10-13(11(12(9)16)14(18)19)17(2-3-20-10)6-8-1-4-21-7-8/h2,5-6,8H,3-4,7H2,1H3;1,4-5,7H,2-3,6H2,(H,18,19). The number of carboxylic acids is 1. The molecule has 2 aromatic heterocycles. The quantitative estimate of drug-likeness (QED) is 0.213. The van der Waals surface area contributed by atoms with E-state index < -0.39 is 29.1 Å².